The first kappa shape index (κ1) is 17.6. The first-order valence-electron chi connectivity index (χ1n) is 8.61. The summed E-state index contributed by atoms with van der Waals surface area (Å²) in [7, 11) is 0. The lowest BCUT2D eigenvalue weighted by atomic mass is 10.1. The van der Waals surface area contributed by atoms with Crippen molar-refractivity contribution >= 4 is 5.91 Å². The lowest BCUT2D eigenvalue weighted by molar-refractivity contribution is -0.121. The van der Waals surface area contributed by atoms with Gasteiger partial charge in [0.2, 0.25) is 5.91 Å². The van der Waals surface area contributed by atoms with Crippen LogP contribution in [0.2, 0.25) is 0 Å². The molecule has 2 N–H and O–H groups in total. The summed E-state index contributed by atoms with van der Waals surface area (Å²) in [6.45, 7) is 6.81. The van der Waals surface area contributed by atoms with Gasteiger partial charge in [0.1, 0.15) is 0 Å². The molecule has 1 atom stereocenters. The van der Waals surface area contributed by atoms with Crippen LogP contribution in [0.1, 0.15) is 38.7 Å². The van der Waals surface area contributed by atoms with E-state index in [-0.39, 0.29) is 5.91 Å². The van der Waals surface area contributed by atoms with Crippen molar-refractivity contribution in [1.82, 2.24) is 10.6 Å². The van der Waals surface area contributed by atoms with E-state index in [9.17, 15) is 4.79 Å². The fourth-order valence-corrected chi connectivity index (χ4v) is 2.82. The average molecular weight is 320 g/mol. The molecule has 5 nitrogen and oxygen atoms in total. The molecular weight excluding hydrogens is 292 g/mol. The van der Waals surface area contributed by atoms with E-state index in [1.165, 1.54) is 6.42 Å². The Labute approximate surface area is 138 Å². The number of carbonyl (C=O) groups excluding carboxylic acids is 1. The molecule has 1 aliphatic heterocycles. The number of ether oxygens (including phenoxy) is 2. The van der Waals surface area contributed by atoms with Crippen molar-refractivity contribution in [3.8, 4) is 11.5 Å². The van der Waals surface area contributed by atoms with E-state index in [2.05, 4.69) is 10.6 Å². The molecule has 1 amide bonds. The second kappa shape index (κ2) is 9.40. The van der Waals surface area contributed by atoms with Gasteiger partial charge in [-0.3, -0.25) is 4.79 Å². The normalized spacial score (nSPS) is 17.0. The Balaban J connectivity index is 1.80. The van der Waals surface area contributed by atoms with E-state index in [4.69, 9.17) is 9.47 Å². The Morgan fingerprint density at radius 3 is 2.74 bits per heavy atom. The zero-order chi connectivity index (χ0) is 16.5. The van der Waals surface area contributed by atoms with Crippen LogP contribution in [0.15, 0.2) is 18.2 Å². The number of hydrogen-bond donors (Lipinski definition) is 2. The zero-order valence-corrected chi connectivity index (χ0v) is 14.2. The average Bonchev–Trinajstić information content (AvgIpc) is 3.03. The molecule has 0 saturated carbocycles. The summed E-state index contributed by atoms with van der Waals surface area (Å²) in [6.07, 6.45) is 3.64. The summed E-state index contributed by atoms with van der Waals surface area (Å²) >= 11 is 0. The molecule has 0 aromatic heterocycles. The topological polar surface area (TPSA) is 59.6 Å². The molecule has 0 bridgehead atoms. The van der Waals surface area contributed by atoms with Gasteiger partial charge in [-0.1, -0.05) is 6.07 Å². The van der Waals surface area contributed by atoms with Gasteiger partial charge in [0, 0.05) is 19.0 Å². The number of rotatable bonds is 9. The summed E-state index contributed by atoms with van der Waals surface area (Å²) in [5, 5.41) is 6.34. The molecule has 2 rings (SSSR count). The Morgan fingerprint density at radius 1 is 1.26 bits per heavy atom. The molecule has 1 unspecified atom stereocenters. The molecule has 1 saturated heterocycles. The van der Waals surface area contributed by atoms with Gasteiger partial charge in [0.05, 0.1) is 13.2 Å². The van der Waals surface area contributed by atoms with Crippen molar-refractivity contribution in [2.75, 3.05) is 26.3 Å². The standard InChI is InChI=1S/C18H28N2O3/c1-3-22-16-8-7-14(12-17(16)23-4-2)9-11-20-18(21)13-15-6-5-10-19-15/h7-8,12,15,19H,3-6,9-11,13H2,1-2H3,(H,20,21). The van der Waals surface area contributed by atoms with Crippen molar-refractivity contribution in [2.24, 2.45) is 0 Å². The molecule has 23 heavy (non-hydrogen) atoms. The highest BCUT2D eigenvalue weighted by molar-refractivity contribution is 5.76. The van der Waals surface area contributed by atoms with Crippen LogP contribution in [0.25, 0.3) is 0 Å². The second-order valence-corrected chi connectivity index (χ2v) is 5.74. The Hall–Kier alpha value is -1.75. The lowest BCUT2D eigenvalue weighted by Gasteiger charge is -2.13. The van der Waals surface area contributed by atoms with Gasteiger partial charge in [-0.05, 0) is 57.4 Å². The zero-order valence-electron chi connectivity index (χ0n) is 14.2. The van der Waals surface area contributed by atoms with Crippen LogP contribution in [0.3, 0.4) is 0 Å². The maximum absolute atomic E-state index is 11.9. The summed E-state index contributed by atoms with van der Waals surface area (Å²) in [5.74, 6) is 1.67. The van der Waals surface area contributed by atoms with Gasteiger partial charge in [-0.15, -0.1) is 0 Å². The summed E-state index contributed by atoms with van der Waals surface area (Å²) in [6, 6.07) is 6.32. The van der Waals surface area contributed by atoms with Crippen molar-refractivity contribution in [2.45, 2.75) is 45.6 Å². The minimum Gasteiger partial charge on any atom is -0.490 e. The van der Waals surface area contributed by atoms with Crippen LogP contribution in [-0.4, -0.2) is 38.3 Å². The van der Waals surface area contributed by atoms with Crippen molar-refractivity contribution < 1.29 is 14.3 Å². The van der Waals surface area contributed by atoms with Crippen LogP contribution >= 0.6 is 0 Å². The van der Waals surface area contributed by atoms with Crippen molar-refractivity contribution in [3.63, 3.8) is 0 Å². The van der Waals surface area contributed by atoms with Crippen LogP contribution in [0.5, 0.6) is 11.5 Å². The molecule has 0 aliphatic carbocycles. The molecule has 5 heteroatoms. The predicted molar refractivity (Wildman–Crippen MR) is 91.1 cm³/mol. The van der Waals surface area contributed by atoms with Crippen LogP contribution in [0.4, 0.5) is 0 Å². The molecule has 1 aromatic rings. The first-order valence-corrected chi connectivity index (χ1v) is 8.61. The molecular formula is C18H28N2O3. The number of carbonyl (C=O) groups is 1. The predicted octanol–water partition coefficient (Wildman–Crippen LogP) is 2.28. The highest BCUT2D eigenvalue weighted by Crippen LogP contribution is 2.28. The lowest BCUT2D eigenvalue weighted by Crippen LogP contribution is -2.32. The quantitative estimate of drug-likeness (QED) is 0.733. The molecule has 0 radical (unpaired) electrons. The molecule has 1 aliphatic rings. The molecule has 1 fully saturated rings. The van der Waals surface area contributed by atoms with E-state index in [1.807, 2.05) is 32.0 Å². The maximum atomic E-state index is 11.9. The van der Waals surface area contributed by atoms with Gasteiger partial charge >= 0.3 is 0 Å². The smallest absolute Gasteiger partial charge is 0.221 e. The van der Waals surface area contributed by atoms with Gasteiger partial charge < -0.3 is 20.1 Å². The van der Waals surface area contributed by atoms with E-state index in [0.29, 0.717) is 32.2 Å². The second-order valence-electron chi connectivity index (χ2n) is 5.74. The van der Waals surface area contributed by atoms with Gasteiger partial charge in [0.25, 0.3) is 0 Å². The molecule has 0 spiro atoms. The van der Waals surface area contributed by atoms with Crippen LogP contribution in [0, 0.1) is 0 Å². The number of amides is 1. The molecule has 128 valence electrons. The SMILES string of the molecule is CCOc1ccc(CCNC(=O)CC2CCCN2)cc1OCC. The van der Waals surface area contributed by atoms with Crippen molar-refractivity contribution in [1.29, 1.82) is 0 Å². The van der Waals surface area contributed by atoms with Crippen LogP contribution < -0.4 is 20.1 Å². The summed E-state index contributed by atoms with van der Waals surface area (Å²) in [5.41, 5.74) is 1.14. The van der Waals surface area contributed by atoms with Gasteiger partial charge in [0.15, 0.2) is 11.5 Å². The van der Waals surface area contributed by atoms with E-state index >= 15 is 0 Å². The number of nitrogens with one attached hydrogen (secondary N) is 2. The highest BCUT2D eigenvalue weighted by atomic mass is 16.5. The molecule has 1 aromatic carbocycles. The number of benzene rings is 1. The summed E-state index contributed by atoms with van der Waals surface area (Å²) in [4.78, 5) is 11.9. The van der Waals surface area contributed by atoms with Crippen molar-refractivity contribution in [3.05, 3.63) is 23.8 Å². The monoisotopic (exact) mass is 320 g/mol. The largest absolute Gasteiger partial charge is 0.490 e. The first-order chi connectivity index (χ1) is 11.2. The van der Waals surface area contributed by atoms with E-state index < -0.39 is 0 Å². The Morgan fingerprint density at radius 2 is 2.04 bits per heavy atom. The third-order valence-electron chi connectivity index (χ3n) is 3.94. The minimum absolute atomic E-state index is 0.125. The highest BCUT2D eigenvalue weighted by Gasteiger charge is 2.17. The van der Waals surface area contributed by atoms with E-state index in [1.54, 1.807) is 0 Å². The summed E-state index contributed by atoms with van der Waals surface area (Å²) < 4.78 is 11.2. The van der Waals surface area contributed by atoms with Gasteiger partial charge in [-0.25, -0.2) is 0 Å². The van der Waals surface area contributed by atoms with E-state index in [0.717, 1.165) is 36.4 Å². The fraction of sp³-hybridized carbons (Fsp3) is 0.611. The molecule has 1 heterocycles. The Bertz CT molecular complexity index is 499. The van der Waals surface area contributed by atoms with Gasteiger partial charge in [-0.2, -0.15) is 0 Å². The minimum atomic E-state index is 0.125. The third-order valence-corrected chi connectivity index (χ3v) is 3.94. The Kier molecular flexibility index (Phi) is 7.20. The third kappa shape index (κ3) is 5.75. The fourth-order valence-electron chi connectivity index (χ4n) is 2.82. The van der Waals surface area contributed by atoms with Crippen LogP contribution in [-0.2, 0) is 11.2 Å². The number of hydrogen-bond acceptors (Lipinski definition) is 4. The maximum Gasteiger partial charge on any atom is 0.221 e.